The molecule has 1 aliphatic rings. The van der Waals surface area contributed by atoms with E-state index in [2.05, 4.69) is 29.1 Å². The lowest BCUT2D eigenvalue weighted by atomic mass is 9.91. The van der Waals surface area contributed by atoms with Crippen molar-refractivity contribution in [3.63, 3.8) is 0 Å². The highest BCUT2D eigenvalue weighted by Gasteiger charge is 2.18. The van der Waals surface area contributed by atoms with E-state index < -0.39 is 5.91 Å². The van der Waals surface area contributed by atoms with Gasteiger partial charge in [-0.05, 0) is 56.1 Å². The number of amides is 1. The minimum absolute atomic E-state index is 0.370. The smallest absolute Gasteiger partial charge is 0.250 e. The first-order valence-corrected chi connectivity index (χ1v) is 7.84. The monoisotopic (exact) mass is 311 g/mol. The predicted molar refractivity (Wildman–Crippen MR) is 88.7 cm³/mol. The summed E-state index contributed by atoms with van der Waals surface area (Å²) >= 11 is 0. The molecule has 0 aliphatic carbocycles. The van der Waals surface area contributed by atoms with Crippen LogP contribution in [0.5, 0.6) is 11.6 Å². The maximum Gasteiger partial charge on any atom is 0.250 e. The normalized spacial score (nSPS) is 18.6. The van der Waals surface area contributed by atoms with Crippen LogP contribution >= 0.6 is 0 Å². The van der Waals surface area contributed by atoms with Crippen LogP contribution in [0.1, 0.15) is 34.7 Å². The van der Waals surface area contributed by atoms with Crippen LogP contribution in [0, 0.1) is 0 Å². The number of nitrogens with zero attached hydrogens (tertiary/aromatic N) is 2. The van der Waals surface area contributed by atoms with Crippen molar-refractivity contribution in [2.75, 3.05) is 20.1 Å². The van der Waals surface area contributed by atoms with Crippen molar-refractivity contribution in [2.24, 2.45) is 5.73 Å². The topological polar surface area (TPSA) is 68.5 Å². The van der Waals surface area contributed by atoms with Crippen molar-refractivity contribution < 1.29 is 9.53 Å². The molecule has 1 aliphatic heterocycles. The maximum absolute atomic E-state index is 11.0. The minimum atomic E-state index is -0.495. The van der Waals surface area contributed by atoms with Crippen LogP contribution in [0.3, 0.4) is 0 Å². The number of likely N-dealkylation sites (N-methyl/N-ethyl adjacent to an activating group) is 1. The molecule has 5 nitrogen and oxygen atoms in total. The van der Waals surface area contributed by atoms with E-state index in [4.69, 9.17) is 10.5 Å². The van der Waals surface area contributed by atoms with Crippen LogP contribution in [-0.4, -0.2) is 35.9 Å². The number of benzene rings is 1. The van der Waals surface area contributed by atoms with Gasteiger partial charge in [-0.1, -0.05) is 12.1 Å². The van der Waals surface area contributed by atoms with Crippen molar-refractivity contribution >= 4 is 5.91 Å². The number of hydrogen-bond acceptors (Lipinski definition) is 4. The van der Waals surface area contributed by atoms with Crippen LogP contribution < -0.4 is 10.5 Å². The molecular formula is C18H21N3O2. The summed E-state index contributed by atoms with van der Waals surface area (Å²) in [5, 5.41) is 0. The summed E-state index contributed by atoms with van der Waals surface area (Å²) in [5.74, 6) is 1.28. The lowest BCUT2D eigenvalue weighted by molar-refractivity contribution is 0.1000. The first-order chi connectivity index (χ1) is 11.1. The third-order valence-corrected chi connectivity index (χ3v) is 4.22. The fraction of sp³-hybridized carbons (Fsp3) is 0.333. The molecule has 2 aromatic rings. The van der Waals surface area contributed by atoms with Gasteiger partial charge in [0.25, 0.3) is 0 Å². The molecule has 23 heavy (non-hydrogen) atoms. The molecule has 1 amide bonds. The molecule has 120 valence electrons. The molecule has 3 rings (SSSR count). The average Bonchev–Trinajstić information content (AvgIpc) is 2.56. The molecule has 0 bridgehead atoms. The molecule has 1 atom stereocenters. The quantitative estimate of drug-likeness (QED) is 0.942. The van der Waals surface area contributed by atoms with Crippen LogP contribution in [-0.2, 0) is 0 Å². The van der Waals surface area contributed by atoms with Gasteiger partial charge in [-0.15, -0.1) is 0 Å². The van der Waals surface area contributed by atoms with Gasteiger partial charge in [0.15, 0.2) is 0 Å². The summed E-state index contributed by atoms with van der Waals surface area (Å²) < 4.78 is 5.70. The summed E-state index contributed by atoms with van der Waals surface area (Å²) in [6, 6.07) is 11.4. The molecule has 1 aromatic heterocycles. The standard InChI is InChI=1S/C18H21N3O2/c1-21-10-2-3-15(12-21)13-4-7-16(8-5-13)23-17-9-6-14(11-20-17)18(19)22/h4-9,11,15H,2-3,10,12H2,1H3,(H2,19,22). The zero-order chi connectivity index (χ0) is 16.2. The van der Waals surface area contributed by atoms with E-state index in [1.165, 1.54) is 31.1 Å². The Bertz CT molecular complexity index is 668. The Hall–Kier alpha value is -2.40. The summed E-state index contributed by atoms with van der Waals surface area (Å²) in [4.78, 5) is 17.5. The Morgan fingerprint density at radius 3 is 2.65 bits per heavy atom. The summed E-state index contributed by atoms with van der Waals surface area (Å²) in [6.07, 6.45) is 3.90. The Morgan fingerprint density at radius 1 is 1.26 bits per heavy atom. The number of carbonyl (C=O) groups is 1. The Morgan fingerprint density at radius 2 is 2.04 bits per heavy atom. The zero-order valence-electron chi connectivity index (χ0n) is 13.2. The number of aromatic nitrogens is 1. The molecule has 0 saturated carbocycles. The summed E-state index contributed by atoms with van der Waals surface area (Å²) in [5.41, 5.74) is 6.91. The molecular weight excluding hydrogens is 290 g/mol. The third kappa shape index (κ3) is 3.87. The number of piperidine rings is 1. The highest BCUT2D eigenvalue weighted by Crippen LogP contribution is 2.28. The van der Waals surface area contributed by atoms with E-state index in [0.29, 0.717) is 17.4 Å². The molecule has 2 heterocycles. The second-order valence-corrected chi connectivity index (χ2v) is 6.02. The molecule has 1 unspecified atom stereocenters. The van der Waals surface area contributed by atoms with E-state index in [0.717, 1.165) is 12.3 Å². The van der Waals surface area contributed by atoms with E-state index >= 15 is 0 Å². The van der Waals surface area contributed by atoms with E-state index in [1.54, 1.807) is 12.1 Å². The molecule has 2 N–H and O–H groups in total. The van der Waals surface area contributed by atoms with Crippen LogP contribution in [0.4, 0.5) is 0 Å². The molecule has 1 fully saturated rings. The van der Waals surface area contributed by atoms with E-state index in [1.807, 2.05) is 12.1 Å². The van der Waals surface area contributed by atoms with Gasteiger partial charge < -0.3 is 15.4 Å². The van der Waals surface area contributed by atoms with Gasteiger partial charge in [-0.3, -0.25) is 4.79 Å². The second-order valence-electron chi connectivity index (χ2n) is 6.02. The van der Waals surface area contributed by atoms with E-state index in [-0.39, 0.29) is 0 Å². The Kier molecular flexibility index (Phi) is 4.57. The molecule has 1 aromatic carbocycles. The van der Waals surface area contributed by atoms with Gasteiger partial charge >= 0.3 is 0 Å². The third-order valence-electron chi connectivity index (χ3n) is 4.22. The van der Waals surface area contributed by atoms with Crippen LogP contribution in [0.25, 0.3) is 0 Å². The van der Waals surface area contributed by atoms with Crippen LogP contribution in [0.2, 0.25) is 0 Å². The lowest BCUT2D eigenvalue weighted by Crippen LogP contribution is -2.30. The molecule has 5 heteroatoms. The SMILES string of the molecule is CN1CCCC(c2ccc(Oc3ccc(C(N)=O)cn3)cc2)C1. The van der Waals surface area contributed by atoms with Crippen molar-refractivity contribution in [3.8, 4) is 11.6 Å². The van der Waals surface area contributed by atoms with Gasteiger partial charge in [-0.2, -0.15) is 0 Å². The van der Waals surface area contributed by atoms with Gasteiger partial charge in [0.1, 0.15) is 5.75 Å². The molecule has 1 saturated heterocycles. The number of ether oxygens (including phenoxy) is 1. The number of hydrogen-bond donors (Lipinski definition) is 1. The largest absolute Gasteiger partial charge is 0.439 e. The van der Waals surface area contributed by atoms with E-state index in [9.17, 15) is 4.79 Å². The number of nitrogens with two attached hydrogens (primary N) is 1. The number of primary amides is 1. The highest BCUT2D eigenvalue weighted by atomic mass is 16.5. The fourth-order valence-electron chi connectivity index (χ4n) is 2.95. The second kappa shape index (κ2) is 6.79. The van der Waals surface area contributed by atoms with Crippen molar-refractivity contribution in [3.05, 3.63) is 53.7 Å². The highest BCUT2D eigenvalue weighted by molar-refractivity contribution is 5.92. The maximum atomic E-state index is 11.0. The number of rotatable bonds is 4. The van der Waals surface area contributed by atoms with Crippen molar-refractivity contribution in [2.45, 2.75) is 18.8 Å². The van der Waals surface area contributed by atoms with Gasteiger partial charge in [0, 0.05) is 18.8 Å². The van der Waals surface area contributed by atoms with Crippen molar-refractivity contribution in [1.82, 2.24) is 9.88 Å². The molecule has 0 spiro atoms. The average molecular weight is 311 g/mol. The van der Waals surface area contributed by atoms with Gasteiger partial charge in [0.05, 0.1) is 5.56 Å². The van der Waals surface area contributed by atoms with Crippen LogP contribution in [0.15, 0.2) is 42.6 Å². The van der Waals surface area contributed by atoms with Crippen molar-refractivity contribution in [1.29, 1.82) is 0 Å². The Balaban J connectivity index is 1.66. The van der Waals surface area contributed by atoms with Gasteiger partial charge in [-0.25, -0.2) is 4.98 Å². The summed E-state index contributed by atoms with van der Waals surface area (Å²) in [7, 11) is 2.17. The Labute approximate surface area is 136 Å². The van der Waals surface area contributed by atoms with Gasteiger partial charge in [0.2, 0.25) is 11.8 Å². The lowest BCUT2D eigenvalue weighted by Gasteiger charge is -2.30. The number of carbonyl (C=O) groups excluding carboxylic acids is 1. The first kappa shape index (κ1) is 15.5. The predicted octanol–water partition coefficient (Wildman–Crippen LogP) is 2.78. The minimum Gasteiger partial charge on any atom is -0.439 e. The number of pyridine rings is 1. The molecule has 0 radical (unpaired) electrons. The summed E-state index contributed by atoms with van der Waals surface area (Å²) in [6.45, 7) is 2.29. The first-order valence-electron chi connectivity index (χ1n) is 7.84. The number of likely N-dealkylation sites (tertiary alicyclic amines) is 1. The zero-order valence-corrected chi connectivity index (χ0v) is 13.2. The fourth-order valence-corrected chi connectivity index (χ4v) is 2.95.